The van der Waals surface area contributed by atoms with Crippen LogP contribution in [0.3, 0.4) is 0 Å². The fraction of sp³-hybridized carbons (Fsp3) is 0.261. The molecule has 0 saturated heterocycles. The summed E-state index contributed by atoms with van der Waals surface area (Å²) in [6.07, 6.45) is 6.65. The van der Waals surface area contributed by atoms with Crippen LogP contribution in [-0.4, -0.2) is 32.2 Å². The molecule has 5 nitrogen and oxygen atoms in total. The van der Waals surface area contributed by atoms with Gasteiger partial charge in [-0.3, -0.25) is 14.6 Å². The Kier molecular flexibility index (Phi) is 4.90. The zero-order valence-electron chi connectivity index (χ0n) is 16.0. The van der Waals surface area contributed by atoms with Gasteiger partial charge in [0.15, 0.2) is 0 Å². The number of fused-ring (bicyclic) bond motifs is 2. The molecule has 0 amide bonds. The molecule has 0 N–H and O–H groups in total. The van der Waals surface area contributed by atoms with E-state index < -0.39 is 0 Å². The molecule has 4 aromatic rings. The average molecular weight is 405 g/mol. The second kappa shape index (κ2) is 7.84. The molecule has 4 heterocycles. The van der Waals surface area contributed by atoms with Crippen molar-refractivity contribution >= 4 is 22.5 Å². The van der Waals surface area contributed by atoms with Crippen molar-refractivity contribution in [2.24, 2.45) is 0 Å². The molecule has 1 aromatic carbocycles. The Morgan fingerprint density at radius 1 is 1.07 bits per heavy atom. The molecular weight excluding hydrogens is 384 g/mol. The minimum atomic E-state index is 0.596. The number of hydrogen-bond acceptors (Lipinski definition) is 4. The molecule has 5 rings (SSSR count). The van der Waals surface area contributed by atoms with E-state index >= 15 is 0 Å². The number of alkyl halides is 1. The Labute approximate surface area is 174 Å². The Bertz CT molecular complexity index is 1160. The zero-order chi connectivity index (χ0) is 19.6. The molecule has 1 aliphatic heterocycles. The summed E-state index contributed by atoms with van der Waals surface area (Å²) in [5.74, 6) is 1.41. The van der Waals surface area contributed by atoms with Gasteiger partial charge in [-0.05, 0) is 55.2 Å². The van der Waals surface area contributed by atoms with Crippen LogP contribution < -0.4 is 4.74 Å². The van der Waals surface area contributed by atoms with Crippen LogP contribution in [-0.2, 0) is 13.0 Å². The molecule has 29 heavy (non-hydrogen) atoms. The van der Waals surface area contributed by atoms with Crippen molar-refractivity contribution in [3.63, 3.8) is 0 Å². The minimum Gasteiger partial charge on any atom is -0.493 e. The number of rotatable bonds is 6. The molecule has 0 atom stereocenters. The highest BCUT2D eigenvalue weighted by Crippen LogP contribution is 2.40. The first-order valence-electron chi connectivity index (χ1n) is 9.94. The zero-order valence-corrected chi connectivity index (χ0v) is 16.8. The molecular formula is C23H21ClN4O. The number of benzene rings is 1. The first-order valence-corrected chi connectivity index (χ1v) is 10.5. The quantitative estimate of drug-likeness (QED) is 0.331. The topological polar surface area (TPSA) is 52.8 Å². The maximum absolute atomic E-state index is 5.80. The summed E-state index contributed by atoms with van der Waals surface area (Å²) in [7, 11) is 0. The lowest BCUT2D eigenvalue weighted by atomic mass is 9.96. The van der Waals surface area contributed by atoms with E-state index in [1.54, 1.807) is 0 Å². The number of aryl methyl sites for hydroxylation is 1. The average Bonchev–Trinajstić information content (AvgIpc) is 3.35. The van der Waals surface area contributed by atoms with Crippen LogP contribution in [0.2, 0.25) is 0 Å². The second-order valence-corrected chi connectivity index (χ2v) is 7.52. The highest BCUT2D eigenvalue weighted by atomic mass is 35.5. The third-order valence-electron chi connectivity index (χ3n) is 5.28. The van der Waals surface area contributed by atoms with Crippen molar-refractivity contribution in [3.05, 3.63) is 60.6 Å². The van der Waals surface area contributed by atoms with E-state index in [0.29, 0.717) is 12.5 Å². The molecule has 146 valence electrons. The molecule has 6 heteroatoms. The predicted molar refractivity (Wildman–Crippen MR) is 115 cm³/mol. The summed E-state index contributed by atoms with van der Waals surface area (Å²) < 4.78 is 7.94. The fourth-order valence-electron chi connectivity index (χ4n) is 3.98. The van der Waals surface area contributed by atoms with Gasteiger partial charge in [-0.1, -0.05) is 6.07 Å². The third-order valence-corrected chi connectivity index (χ3v) is 5.55. The summed E-state index contributed by atoms with van der Waals surface area (Å²) >= 11 is 5.75. The lowest BCUT2D eigenvalue weighted by molar-refractivity contribution is 0.318. The van der Waals surface area contributed by atoms with Crippen molar-refractivity contribution in [2.75, 3.05) is 12.5 Å². The van der Waals surface area contributed by atoms with Crippen LogP contribution in [0.5, 0.6) is 5.75 Å². The van der Waals surface area contributed by atoms with Gasteiger partial charge < -0.3 is 4.74 Å². The fourth-order valence-corrected chi connectivity index (χ4v) is 4.09. The maximum Gasteiger partial charge on any atom is 0.121 e. The molecule has 1 aliphatic rings. The van der Waals surface area contributed by atoms with Crippen LogP contribution in [0, 0.1) is 0 Å². The van der Waals surface area contributed by atoms with Gasteiger partial charge in [0.25, 0.3) is 0 Å². The summed E-state index contributed by atoms with van der Waals surface area (Å²) in [5, 5.41) is 6.00. The van der Waals surface area contributed by atoms with Crippen molar-refractivity contribution in [1.29, 1.82) is 0 Å². The Morgan fingerprint density at radius 3 is 2.90 bits per heavy atom. The summed E-state index contributed by atoms with van der Waals surface area (Å²) in [6, 6.07) is 14.1. The summed E-state index contributed by atoms with van der Waals surface area (Å²) in [5.41, 5.74) is 6.34. The molecule has 0 fully saturated rings. The lowest BCUT2D eigenvalue weighted by Gasteiger charge is -2.10. The van der Waals surface area contributed by atoms with Crippen molar-refractivity contribution in [2.45, 2.75) is 25.8 Å². The number of ether oxygens (including phenoxy) is 1. The number of pyridine rings is 2. The van der Waals surface area contributed by atoms with Crippen LogP contribution in [0.15, 0.2) is 54.9 Å². The SMILES string of the molecule is ClCCCOc1ccc2c(-c3c(-c4ccccn4)nn4c3CCC4)ccnc2c1. The largest absolute Gasteiger partial charge is 0.493 e. The normalized spacial score (nSPS) is 13.0. The number of aromatic nitrogens is 4. The lowest BCUT2D eigenvalue weighted by Crippen LogP contribution is -1.98. The molecule has 0 unspecified atom stereocenters. The Balaban J connectivity index is 1.64. The van der Waals surface area contributed by atoms with Crippen LogP contribution in [0.1, 0.15) is 18.5 Å². The summed E-state index contributed by atoms with van der Waals surface area (Å²) in [6.45, 7) is 1.56. The third kappa shape index (κ3) is 3.36. The standard InChI is InChI=1S/C23H21ClN4O/c24-10-4-14-29-16-7-8-17-18(9-12-26-20(17)15-16)22-21-6-3-13-28(21)27-23(22)19-5-1-2-11-25-19/h1-2,5,7-9,11-12,15H,3-4,6,10,13-14H2. The van der Waals surface area contributed by atoms with E-state index in [9.17, 15) is 0 Å². The molecule has 0 saturated carbocycles. The monoisotopic (exact) mass is 404 g/mol. The van der Waals surface area contributed by atoms with Crippen LogP contribution >= 0.6 is 11.6 Å². The van der Waals surface area contributed by atoms with Crippen molar-refractivity contribution < 1.29 is 4.74 Å². The number of nitrogens with zero attached hydrogens (tertiary/aromatic N) is 4. The molecule has 3 aromatic heterocycles. The van der Waals surface area contributed by atoms with Gasteiger partial charge in [-0.15, -0.1) is 11.6 Å². The first kappa shape index (κ1) is 18.1. The minimum absolute atomic E-state index is 0.596. The highest BCUT2D eigenvalue weighted by Gasteiger charge is 2.25. The van der Waals surface area contributed by atoms with Gasteiger partial charge in [0.1, 0.15) is 11.4 Å². The second-order valence-electron chi connectivity index (χ2n) is 7.14. The van der Waals surface area contributed by atoms with E-state index in [2.05, 4.69) is 26.8 Å². The van der Waals surface area contributed by atoms with Gasteiger partial charge in [-0.25, -0.2) is 0 Å². The smallest absolute Gasteiger partial charge is 0.121 e. The van der Waals surface area contributed by atoms with Crippen molar-refractivity contribution in [3.8, 4) is 28.3 Å². The van der Waals surface area contributed by atoms with E-state index in [1.807, 2.05) is 42.7 Å². The van der Waals surface area contributed by atoms with Crippen LogP contribution in [0.4, 0.5) is 0 Å². The van der Waals surface area contributed by atoms with E-state index in [4.69, 9.17) is 21.4 Å². The molecule has 0 radical (unpaired) electrons. The van der Waals surface area contributed by atoms with Gasteiger partial charge in [0, 0.05) is 47.5 Å². The maximum atomic E-state index is 5.80. The van der Waals surface area contributed by atoms with E-state index in [0.717, 1.165) is 59.4 Å². The van der Waals surface area contributed by atoms with Gasteiger partial charge >= 0.3 is 0 Å². The molecule has 0 spiro atoms. The first-order chi connectivity index (χ1) is 14.3. The number of halogens is 1. The van der Waals surface area contributed by atoms with E-state index in [1.165, 1.54) is 11.3 Å². The molecule has 0 bridgehead atoms. The van der Waals surface area contributed by atoms with Gasteiger partial charge in [0.05, 0.1) is 17.8 Å². The Morgan fingerprint density at radius 2 is 2.03 bits per heavy atom. The Hall–Kier alpha value is -2.92. The number of hydrogen-bond donors (Lipinski definition) is 0. The van der Waals surface area contributed by atoms with Gasteiger partial charge in [0.2, 0.25) is 0 Å². The van der Waals surface area contributed by atoms with Gasteiger partial charge in [-0.2, -0.15) is 5.10 Å². The highest BCUT2D eigenvalue weighted by molar-refractivity contribution is 6.17. The van der Waals surface area contributed by atoms with E-state index in [-0.39, 0.29) is 0 Å². The summed E-state index contributed by atoms with van der Waals surface area (Å²) in [4.78, 5) is 9.15. The van der Waals surface area contributed by atoms with Crippen LogP contribution in [0.25, 0.3) is 33.4 Å². The predicted octanol–water partition coefficient (Wildman–Crippen LogP) is 5.11. The van der Waals surface area contributed by atoms with Crippen molar-refractivity contribution in [1.82, 2.24) is 19.7 Å². The molecule has 0 aliphatic carbocycles.